The van der Waals surface area contributed by atoms with E-state index >= 15 is 0 Å². The van der Waals surface area contributed by atoms with Crippen molar-refractivity contribution in [3.8, 4) is 0 Å². The van der Waals surface area contributed by atoms with E-state index in [-0.39, 0.29) is 25.5 Å². The summed E-state index contributed by atoms with van der Waals surface area (Å²) in [5.74, 6) is -0.191. The van der Waals surface area contributed by atoms with Gasteiger partial charge in [-0.15, -0.1) is 0 Å². The monoisotopic (exact) mass is 291 g/mol. The van der Waals surface area contributed by atoms with Crippen LogP contribution in [0.4, 0.5) is 0 Å². The Bertz CT molecular complexity index is 412. The van der Waals surface area contributed by atoms with E-state index in [2.05, 4.69) is 5.32 Å². The van der Waals surface area contributed by atoms with Crippen molar-refractivity contribution in [3.63, 3.8) is 0 Å². The first kappa shape index (κ1) is 15.2. The van der Waals surface area contributed by atoms with E-state index < -0.39 is 6.10 Å². The highest BCUT2D eigenvalue weighted by Gasteiger charge is 2.08. The second-order valence-electron chi connectivity index (χ2n) is 3.84. The molecule has 0 heterocycles. The van der Waals surface area contributed by atoms with Gasteiger partial charge in [-0.2, -0.15) is 0 Å². The van der Waals surface area contributed by atoms with Crippen LogP contribution < -0.4 is 5.32 Å². The van der Waals surface area contributed by atoms with Crippen LogP contribution in [0.25, 0.3) is 0 Å². The highest BCUT2D eigenvalue weighted by molar-refractivity contribution is 6.42. The fourth-order valence-corrected chi connectivity index (χ4v) is 1.70. The average Bonchev–Trinajstić information content (AvgIpc) is 2.32. The first-order valence-electron chi connectivity index (χ1n) is 5.40. The van der Waals surface area contributed by atoms with Crippen molar-refractivity contribution in [2.75, 3.05) is 20.3 Å². The van der Waals surface area contributed by atoms with Crippen LogP contribution in [0.15, 0.2) is 18.2 Å². The number of rotatable bonds is 6. The zero-order valence-electron chi connectivity index (χ0n) is 9.95. The molecule has 1 aromatic rings. The molecule has 6 heteroatoms. The number of amides is 1. The number of halogens is 2. The molecule has 0 aliphatic heterocycles. The van der Waals surface area contributed by atoms with Crippen molar-refractivity contribution >= 4 is 29.1 Å². The molecule has 1 unspecified atom stereocenters. The van der Waals surface area contributed by atoms with Crippen LogP contribution >= 0.6 is 23.2 Å². The SMILES string of the molecule is COCC(O)CNC(=O)Cc1ccc(Cl)c(Cl)c1. The molecule has 0 aliphatic rings. The molecule has 2 N–H and O–H groups in total. The summed E-state index contributed by atoms with van der Waals surface area (Å²) in [5, 5.41) is 12.8. The third kappa shape index (κ3) is 5.23. The number of aliphatic hydroxyl groups excluding tert-OH is 1. The number of nitrogens with one attached hydrogen (secondary N) is 1. The Morgan fingerprint density at radius 3 is 2.78 bits per heavy atom. The summed E-state index contributed by atoms with van der Waals surface area (Å²) in [5.41, 5.74) is 0.767. The lowest BCUT2D eigenvalue weighted by atomic mass is 10.1. The second kappa shape index (κ2) is 7.59. The Balaban J connectivity index is 2.42. The molecule has 0 aliphatic carbocycles. The number of carbonyl (C=O) groups is 1. The highest BCUT2D eigenvalue weighted by Crippen LogP contribution is 2.22. The lowest BCUT2D eigenvalue weighted by Gasteiger charge is -2.10. The number of methoxy groups -OCH3 is 1. The van der Waals surface area contributed by atoms with Crippen molar-refractivity contribution in [1.82, 2.24) is 5.32 Å². The summed E-state index contributed by atoms with van der Waals surface area (Å²) < 4.78 is 4.75. The van der Waals surface area contributed by atoms with E-state index in [4.69, 9.17) is 27.9 Å². The molecule has 0 bridgehead atoms. The minimum Gasteiger partial charge on any atom is -0.389 e. The van der Waals surface area contributed by atoms with Crippen LogP contribution in [0.1, 0.15) is 5.56 Å². The number of aliphatic hydroxyl groups is 1. The fraction of sp³-hybridized carbons (Fsp3) is 0.417. The number of hydrogen-bond acceptors (Lipinski definition) is 3. The van der Waals surface area contributed by atoms with Crippen LogP contribution in [0.3, 0.4) is 0 Å². The predicted molar refractivity (Wildman–Crippen MR) is 71.1 cm³/mol. The first-order chi connectivity index (χ1) is 8.52. The van der Waals surface area contributed by atoms with Gasteiger partial charge in [-0.1, -0.05) is 29.3 Å². The molecule has 100 valence electrons. The van der Waals surface area contributed by atoms with Crippen LogP contribution in [-0.4, -0.2) is 37.4 Å². The van der Waals surface area contributed by atoms with E-state index in [0.29, 0.717) is 10.0 Å². The summed E-state index contributed by atoms with van der Waals surface area (Å²) in [7, 11) is 1.49. The molecule has 0 radical (unpaired) electrons. The Morgan fingerprint density at radius 1 is 1.44 bits per heavy atom. The lowest BCUT2D eigenvalue weighted by Crippen LogP contribution is -2.35. The molecular weight excluding hydrogens is 277 g/mol. The first-order valence-corrected chi connectivity index (χ1v) is 6.16. The number of benzene rings is 1. The van der Waals surface area contributed by atoms with E-state index in [1.54, 1.807) is 18.2 Å². The van der Waals surface area contributed by atoms with Gasteiger partial charge in [0.2, 0.25) is 5.91 Å². The molecule has 1 aromatic carbocycles. The van der Waals surface area contributed by atoms with Gasteiger partial charge in [-0.25, -0.2) is 0 Å². The Hall–Kier alpha value is -0.810. The van der Waals surface area contributed by atoms with Gasteiger partial charge in [-0.05, 0) is 17.7 Å². The maximum atomic E-state index is 11.6. The molecule has 0 spiro atoms. The van der Waals surface area contributed by atoms with Crippen molar-refractivity contribution in [2.24, 2.45) is 0 Å². The van der Waals surface area contributed by atoms with Gasteiger partial charge in [0.15, 0.2) is 0 Å². The van der Waals surface area contributed by atoms with Crippen LogP contribution in [0, 0.1) is 0 Å². The summed E-state index contributed by atoms with van der Waals surface area (Å²) in [4.78, 5) is 11.6. The Kier molecular flexibility index (Phi) is 6.43. The molecule has 18 heavy (non-hydrogen) atoms. The molecule has 1 rings (SSSR count). The number of carbonyl (C=O) groups excluding carboxylic acids is 1. The van der Waals surface area contributed by atoms with E-state index in [9.17, 15) is 9.90 Å². The van der Waals surface area contributed by atoms with Crippen LogP contribution in [0.5, 0.6) is 0 Å². The maximum absolute atomic E-state index is 11.6. The summed E-state index contributed by atoms with van der Waals surface area (Å²) in [6.45, 7) is 0.348. The summed E-state index contributed by atoms with van der Waals surface area (Å²) in [6.07, 6.45) is -0.510. The average molecular weight is 292 g/mol. The van der Waals surface area contributed by atoms with E-state index in [1.165, 1.54) is 7.11 Å². The molecule has 0 saturated carbocycles. The van der Waals surface area contributed by atoms with Crippen molar-refractivity contribution in [2.45, 2.75) is 12.5 Å². The van der Waals surface area contributed by atoms with Gasteiger partial charge >= 0.3 is 0 Å². The molecule has 0 aromatic heterocycles. The van der Waals surface area contributed by atoms with Gasteiger partial charge in [-0.3, -0.25) is 4.79 Å². The molecule has 4 nitrogen and oxygen atoms in total. The van der Waals surface area contributed by atoms with Gasteiger partial charge < -0.3 is 15.2 Å². The van der Waals surface area contributed by atoms with Crippen molar-refractivity contribution < 1.29 is 14.6 Å². The third-order valence-electron chi connectivity index (χ3n) is 2.24. The molecule has 1 amide bonds. The predicted octanol–water partition coefficient (Wildman–Crippen LogP) is 1.66. The minimum atomic E-state index is -0.701. The molecule has 0 fully saturated rings. The second-order valence-corrected chi connectivity index (χ2v) is 4.65. The number of hydrogen-bond donors (Lipinski definition) is 2. The smallest absolute Gasteiger partial charge is 0.224 e. The van der Waals surface area contributed by atoms with Gasteiger partial charge in [0.25, 0.3) is 0 Å². The van der Waals surface area contributed by atoms with Crippen molar-refractivity contribution in [1.29, 1.82) is 0 Å². The third-order valence-corrected chi connectivity index (χ3v) is 2.98. The highest BCUT2D eigenvalue weighted by atomic mass is 35.5. The van der Waals surface area contributed by atoms with E-state index in [0.717, 1.165) is 5.56 Å². The Morgan fingerprint density at radius 2 is 2.17 bits per heavy atom. The van der Waals surface area contributed by atoms with Crippen LogP contribution in [-0.2, 0) is 16.0 Å². The van der Waals surface area contributed by atoms with Gasteiger partial charge in [0, 0.05) is 13.7 Å². The Labute approximate surface area is 116 Å². The topological polar surface area (TPSA) is 58.6 Å². The van der Waals surface area contributed by atoms with Gasteiger partial charge in [0.1, 0.15) is 0 Å². The lowest BCUT2D eigenvalue weighted by molar-refractivity contribution is -0.121. The number of ether oxygens (including phenoxy) is 1. The summed E-state index contributed by atoms with van der Waals surface area (Å²) >= 11 is 11.6. The minimum absolute atomic E-state index is 0.161. The zero-order chi connectivity index (χ0) is 13.5. The molecule has 1 atom stereocenters. The van der Waals surface area contributed by atoms with Gasteiger partial charge in [0.05, 0.1) is 29.2 Å². The normalized spacial score (nSPS) is 12.2. The molecular formula is C12H15Cl2NO3. The zero-order valence-corrected chi connectivity index (χ0v) is 11.5. The van der Waals surface area contributed by atoms with Crippen molar-refractivity contribution in [3.05, 3.63) is 33.8 Å². The summed E-state index contributed by atoms with van der Waals surface area (Å²) in [6, 6.07) is 5.03. The standard InChI is InChI=1S/C12H15Cl2NO3/c1-18-7-9(16)6-15-12(17)5-8-2-3-10(13)11(14)4-8/h2-4,9,16H,5-7H2,1H3,(H,15,17). The quantitative estimate of drug-likeness (QED) is 0.838. The maximum Gasteiger partial charge on any atom is 0.224 e. The molecule has 0 saturated heterocycles. The van der Waals surface area contributed by atoms with Crippen LogP contribution in [0.2, 0.25) is 10.0 Å². The fourth-order valence-electron chi connectivity index (χ4n) is 1.38. The van der Waals surface area contributed by atoms with E-state index in [1.807, 2.05) is 0 Å². The largest absolute Gasteiger partial charge is 0.389 e.